The Morgan fingerprint density at radius 2 is 1.93 bits per heavy atom. The largest absolute Gasteiger partial charge is 0.462 e. The number of likely N-dealkylation sites (tertiary alicyclic amines) is 1. The molecule has 2 N–H and O–H groups in total. The van der Waals surface area contributed by atoms with Gasteiger partial charge in [-0.15, -0.1) is 0 Å². The third-order valence-electron chi connectivity index (χ3n) is 5.08. The number of aliphatic imine (C=N–C) groups is 1. The number of esters is 1. The Morgan fingerprint density at radius 3 is 2.56 bits per heavy atom. The molecule has 8 heteroatoms. The van der Waals surface area contributed by atoms with Gasteiger partial charge in [-0.05, 0) is 51.9 Å². The van der Waals surface area contributed by atoms with Crippen molar-refractivity contribution >= 4 is 11.9 Å². The molecule has 0 aromatic rings. The van der Waals surface area contributed by atoms with Gasteiger partial charge in [0.1, 0.15) is 6.10 Å². The highest BCUT2D eigenvalue weighted by Gasteiger charge is 2.22. The minimum absolute atomic E-state index is 0.121. The summed E-state index contributed by atoms with van der Waals surface area (Å²) in [7, 11) is 0. The zero-order valence-electron chi connectivity index (χ0n) is 16.4. The smallest absolute Gasteiger partial charge is 0.306 e. The van der Waals surface area contributed by atoms with Gasteiger partial charge in [0.25, 0.3) is 6.43 Å². The van der Waals surface area contributed by atoms with Crippen molar-refractivity contribution in [2.24, 2.45) is 4.99 Å². The van der Waals surface area contributed by atoms with Crippen molar-refractivity contribution in [3.63, 3.8) is 0 Å². The first-order chi connectivity index (χ1) is 13.1. The topological polar surface area (TPSA) is 66.0 Å². The maximum atomic E-state index is 12.5. The Labute approximate surface area is 161 Å². The summed E-state index contributed by atoms with van der Waals surface area (Å²) in [6.07, 6.45) is 4.85. The molecule has 0 bridgehead atoms. The Morgan fingerprint density at radius 1 is 1.22 bits per heavy atom. The van der Waals surface area contributed by atoms with E-state index in [1.807, 2.05) is 11.8 Å². The third kappa shape index (κ3) is 8.86. The van der Waals surface area contributed by atoms with Gasteiger partial charge in [0.05, 0.1) is 6.54 Å². The van der Waals surface area contributed by atoms with Crippen LogP contribution in [0.25, 0.3) is 0 Å². The normalized spacial score (nSPS) is 20.2. The summed E-state index contributed by atoms with van der Waals surface area (Å²) in [6.45, 7) is 4.52. The van der Waals surface area contributed by atoms with Crippen LogP contribution in [0.15, 0.2) is 4.99 Å². The van der Waals surface area contributed by atoms with Crippen LogP contribution in [0.4, 0.5) is 8.78 Å². The summed E-state index contributed by atoms with van der Waals surface area (Å²) in [5.74, 6) is 0.607. The monoisotopic (exact) mass is 388 g/mol. The standard InChI is InChI=1S/C19H34F2N4O2/c1-2-22-19(24-15-9-12-25(13-10-15)14-17(20)21)23-11-5-8-18(26)27-16-6-3-4-7-16/h15-17H,2-14H2,1H3,(H2,22,23,24). The van der Waals surface area contributed by atoms with E-state index in [4.69, 9.17) is 4.74 Å². The molecular weight excluding hydrogens is 354 g/mol. The van der Waals surface area contributed by atoms with Crippen LogP contribution in [-0.2, 0) is 9.53 Å². The van der Waals surface area contributed by atoms with Crippen molar-refractivity contribution in [2.75, 3.05) is 32.7 Å². The first kappa shape index (κ1) is 21.9. The number of carbonyl (C=O) groups is 1. The molecule has 2 aliphatic rings. The number of ether oxygens (including phenoxy) is 1. The highest BCUT2D eigenvalue weighted by Crippen LogP contribution is 2.21. The number of rotatable bonds is 9. The predicted octanol–water partition coefficient (Wildman–Crippen LogP) is 2.54. The molecule has 0 amide bonds. The SMILES string of the molecule is CCNC(=NCCCC(=O)OC1CCCC1)NC1CCN(CC(F)F)CC1. The second-order valence-electron chi connectivity index (χ2n) is 7.37. The van der Waals surface area contributed by atoms with Gasteiger partial charge in [-0.25, -0.2) is 8.78 Å². The van der Waals surface area contributed by atoms with Crippen molar-refractivity contribution < 1.29 is 18.3 Å². The molecule has 0 unspecified atom stereocenters. The molecule has 2 fully saturated rings. The fourth-order valence-electron chi connectivity index (χ4n) is 3.63. The Balaban J connectivity index is 1.65. The quantitative estimate of drug-likeness (QED) is 0.275. The van der Waals surface area contributed by atoms with E-state index in [1.165, 1.54) is 0 Å². The van der Waals surface area contributed by atoms with Gasteiger partial charge in [-0.3, -0.25) is 14.7 Å². The van der Waals surface area contributed by atoms with Crippen LogP contribution < -0.4 is 10.6 Å². The lowest BCUT2D eigenvalue weighted by Crippen LogP contribution is -2.49. The fraction of sp³-hybridized carbons (Fsp3) is 0.895. The summed E-state index contributed by atoms with van der Waals surface area (Å²) in [5, 5.41) is 6.60. The van der Waals surface area contributed by atoms with Gasteiger partial charge in [0, 0.05) is 38.6 Å². The number of guanidine groups is 1. The van der Waals surface area contributed by atoms with E-state index in [2.05, 4.69) is 15.6 Å². The first-order valence-corrected chi connectivity index (χ1v) is 10.3. The summed E-state index contributed by atoms with van der Waals surface area (Å²) < 4.78 is 30.3. The van der Waals surface area contributed by atoms with E-state index in [1.54, 1.807) is 0 Å². The molecule has 0 aromatic heterocycles. The molecule has 0 atom stereocenters. The van der Waals surface area contributed by atoms with E-state index in [9.17, 15) is 13.6 Å². The average Bonchev–Trinajstić information content (AvgIpc) is 3.13. The van der Waals surface area contributed by atoms with Crippen LogP contribution in [0.1, 0.15) is 58.3 Å². The number of alkyl halides is 2. The van der Waals surface area contributed by atoms with E-state index >= 15 is 0 Å². The molecule has 27 heavy (non-hydrogen) atoms. The molecule has 0 radical (unpaired) electrons. The molecule has 0 aromatic carbocycles. The zero-order valence-corrected chi connectivity index (χ0v) is 16.4. The highest BCUT2D eigenvalue weighted by atomic mass is 19.3. The number of nitrogens with one attached hydrogen (secondary N) is 2. The molecule has 1 saturated heterocycles. The Hall–Kier alpha value is -1.44. The lowest BCUT2D eigenvalue weighted by molar-refractivity contribution is -0.148. The first-order valence-electron chi connectivity index (χ1n) is 10.3. The van der Waals surface area contributed by atoms with Gasteiger partial charge in [0.2, 0.25) is 0 Å². The van der Waals surface area contributed by atoms with Crippen LogP contribution in [0.3, 0.4) is 0 Å². The maximum Gasteiger partial charge on any atom is 0.306 e. The van der Waals surface area contributed by atoms with Crippen LogP contribution in [0.5, 0.6) is 0 Å². The summed E-state index contributed by atoms with van der Waals surface area (Å²) >= 11 is 0. The van der Waals surface area contributed by atoms with Crippen molar-refractivity contribution in [2.45, 2.75) is 76.9 Å². The number of nitrogens with zero attached hydrogens (tertiary/aromatic N) is 2. The average molecular weight is 389 g/mol. The molecule has 6 nitrogen and oxygen atoms in total. The fourth-order valence-corrected chi connectivity index (χ4v) is 3.63. The van der Waals surface area contributed by atoms with Gasteiger partial charge in [0.15, 0.2) is 5.96 Å². The van der Waals surface area contributed by atoms with Gasteiger partial charge >= 0.3 is 5.97 Å². The van der Waals surface area contributed by atoms with Crippen LogP contribution in [-0.4, -0.2) is 68.1 Å². The lowest BCUT2D eigenvalue weighted by atomic mass is 10.1. The summed E-state index contributed by atoms with van der Waals surface area (Å²) in [6, 6.07) is 0.240. The van der Waals surface area contributed by atoms with Crippen LogP contribution in [0.2, 0.25) is 0 Å². The minimum atomic E-state index is -2.27. The predicted molar refractivity (Wildman–Crippen MR) is 102 cm³/mol. The van der Waals surface area contributed by atoms with Gasteiger partial charge < -0.3 is 15.4 Å². The number of carbonyl (C=O) groups excluding carboxylic acids is 1. The van der Waals surface area contributed by atoms with Crippen molar-refractivity contribution in [3.8, 4) is 0 Å². The number of halogens is 2. The number of hydrogen-bond acceptors (Lipinski definition) is 4. The van der Waals surface area contributed by atoms with E-state index in [0.29, 0.717) is 32.5 Å². The minimum Gasteiger partial charge on any atom is -0.462 e. The molecule has 156 valence electrons. The maximum absolute atomic E-state index is 12.5. The third-order valence-corrected chi connectivity index (χ3v) is 5.08. The van der Waals surface area contributed by atoms with E-state index in [0.717, 1.165) is 51.0 Å². The summed E-state index contributed by atoms with van der Waals surface area (Å²) in [5.41, 5.74) is 0. The second-order valence-corrected chi connectivity index (χ2v) is 7.37. The van der Waals surface area contributed by atoms with Crippen LogP contribution >= 0.6 is 0 Å². The summed E-state index contributed by atoms with van der Waals surface area (Å²) in [4.78, 5) is 18.2. The van der Waals surface area contributed by atoms with Crippen LogP contribution in [0, 0.1) is 0 Å². The van der Waals surface area contributed by atoms with E-state index in [-0.39, 0.29) is 24.7 Å². The molecule has 2 rings (SSSR count). The zero-order chi connectivity index (χ0) is 19.5. The number of hydrogen-bond donors (Lipinski definition) is 2. The van der Waals surface area contributed by atoms with Gasteiger partial charge in [-0.1, -0.05) is 0 Å². The molecular formula is C19H34F2N4O2. The van der Waals surface area contributed by atoms with Gasteiger partial charge in [-0.2, -0.15) is 0 Å². The second kappa shape index (κ2) is 12.1. The highest BCUT2D eigenvalue weighted by molar-refractivity contribution is 5.80. The molecule has 0 spiro atoms. The molecule has 1 aliphatic carbocycles. The molecule has 1 heterocycles. The lowest BCUT2D eigenvalue weighted by Gasteiger charge is -2.32. The molecule has 1 aliphatic heterocycles. The number of piperidine rings is 1. The van der Waals surface area contributed by atoms with Crippen molar-refractivity contribution in [1.82, 2.24) is 15.5 Å². The molecule has 1 saturated carbocycles. The Kier molecular flexibility index (Phi) is 9.80. The Bertz CT molecular complexity index is 463. The van der Waals surface area contributed by atoms with E-state index < -0.39 is 6.43 Å². The van der Waals surface area contributed by atoms with Crippen molar-refractivity contribution in [1.29, 1.82) is 0 Å². The van der Waals surface area contributed by atoms with Crippen molar-refractivity contribution in [3.05, 3.63) is 0 Å².